The zero-order valence-corrected chi connectivity index (χ0v) is 17.8. The molecule has 0 saturated heterocycles. The van der Waals surface area contributed by atoms with Gasteiger partial charge in [0.2, 0.25) is 5.91 Å². The first-order valence-electron chi connectivity index (χ1n) is 9.81. The Morgan fingerprint density at radius 1 is 0.933 bits per heavy atom. The number of benzene rings is 3. The van der Waals surface area contributed by atoms with E-state index in [0.29, 0.717) is 0 Å². The Morgan fingerprint density at radius 3 is 2.27 bits per heavy atom. The Labute approximate surface area is 180 Å². The van der Waals surface area contributed by atoms with Gasteiger partial charge >= 0.3 is 0 Å². The third-order valence-corrected chi connectivity index (χ3v) is 5.66. The molecule has 0 radical (unpaired) electrons. The van der Waals surface area contributed by atoms with Crippen LogP contribution in [0.3, 0.4) is 0 Å². The van der Waals surface area contributed by atoms with E-state index in [1.165, 1.54) is 17.3 Å². The van der Waals surface area contributed by atoms with Gasteiger partial charge in [0.25, 0.3) is 0 Å². The molecule has 4 aromatic rings. The number of aromatic amines is 1. The summed E-state index contributed by atoms with van der Waals surface area (Å²) < 4.78 is 0. The van der Waals surface area contributed by atoms with E-state index in [4.69, 9.17) is 4.98 Å². The van der Waals surface area contributed by atoms with Crippen molar-refractivity contribution in [3.8, 4) is 22.5 Å². The number of H-pyrrole nitrogens is 1. The standard InChI is InChI=1S/C25H23N3OS/c1-17-13-14-21(18(2)15-17)26-22(29)16-30-25-27-23(19-9-5-3-6-10-19)24(28-25)20-11-7-4-8-12-20/h3-15H,16H2,1-2H3,(H,26,29)(H,27,28). The lowest BCUT2D eigenvalue weighted by Crippen LogP contribution is -2.15. The number of carbonyl (C=O) groups excluding carboxylic acids is 1. The highest BCUT2D eigenvalue weighted by Crippen LogP contribution is 2.32. The van der Waals surface area contributed by atoms with Crippen LogP contribution in [0.25, 0.3) is 22.5 Å². The normalized spacial score (nSPS) is 10.7. The van der Waals surface area contributed by atoms with E-state index in [9.17, 15) is 4.79 Å². The average Bonchev–Trinajstić information content (AvgIpc) is 3.20. The Balaban J connectivity index is 1.53. The molecule has 1 heterocycles. The maximum atomic E-state index is 12.5. The number of aromatic nitrogens is 2. The summed E-state index contributed by atoms with van der Waals surface area (Å²) in [5, 5.41) is 3.72. The second-order valence-electron chi connectivity index (χ2n) is 7.15. The van der Waals surface area contributed by atoms with E-state index in [1.807, 2.05) is 74.5 Å². The van der Waals surface area contributed by atoms with Crippen molar-refractivity contribution in [3.63, 3.8) is 0 Å². The number of nitrogens with zero attached hydrogens (tertiary/aromatic N) is 1. The van der Waals surface area contributed by atoms with Crippen molar-refractivity contribution in [1.82, 2.24) is 9.97 Å². The van der Waals surface area contributed by atoms with Crippen LogP contribution in [0.2, 0.25) is 0 Å². The first kappa shape index (κ1) is 20.0. The fraction of sp³-hybridized carbons (Fsp3) is 0.120. The molecule has 4 nitrogen and oxygen atoms in total. The minimum atomic E-state index is -0.0501. The Morgan fingerprint density at radius 2 is 1.60 bits per heavy atom. The van der Waals surface area contributed by atoms with Crippen LogP contribution in [0.4, 0.5) is 5.69 Å². The number of hydrogen-bond acceptors (Lipinski definition) is 3. The van der Waals surface area contributed by atoms with Gasteiger partial charge in [-0.3, -0.25) is 4.79 Å². The number of carbonyl (C=O) groups is 1. The summed E-state index contributed by atoms with van der Waals surface area (Å²) in [6.45, 7) is 4.04. The van der Waals surface area contributed by atoms with Crippen molar-refractivity contribution < 1.29 is 4.79 Å². The minimum Gasteiger partial charge on any atom is -0.332 e. The molecule has 0 aliphatic rings. The summed E-state index contributed by atoms with van der Waals surface area (Å²) in [5.41, 5.74) is 7.04. The van der Waals surface area contributed by atoms with Crippen LogP contribution in [0.1, 0.15) is 11.1 Å². The quantitative estimate of drug-likeness (QED) is 0.376. The van der Waals surface area contributed by atoms with E-state index >= 15 is 0 Å². The lowest BCUT2D eigenvalue weighted by Gasteiger charge is -2.08. The van der Waals surface area contributed by atoms with E-state index in [0.717, 1.165) is 38.9 Å². The first-order chi connectivity index (χ1) is 14.6. The largest absolute Gasteiger partial charge is 0.332 e. The number of nitrogens with one attached hydrogen (secondary N) is 2. The smallest absolute Gasteiger partial charge is 0.234 e. The molecule has 3 aromatic carbocycles. The molecule has 0 aliphatic heterocycles. The fourth-order valence-electron chi connectivity index (χ4n) is 3.31. The van der Waals surface area contributed by atoms with Crippen LogP contribution < -0.4 is 5.32 Å². The van der Waals surface area contributed by atoms with Crippen molar-refractivity contribution >= 4 is 23.4 Å². The fourth-order valence-corrected chi connectivity index (χ4v) is 3.98. The van der Waals surface area contributed by atoms with E-state index in [2.05, 4.69) is 28.5 Å². The lowest BCUT2D eigenvalue weighted by molar-refractivity contribution is -0.113. The molecule has 0 bridgehead atoms. The number of aryl methyl sites for hydroxylation is 2. The average molecular weight is 414 g/mol. The molecule has 5 heteroatoms. The molecule has 4 rings (SSSR count). The van der Waals surface area contributed by atoms with Crippen molar-refractivity contribution in [3.05, 3.63) is 90.0 Å². The summed E-state index contributed by atoms with van der Waals surface area (Å²) in [5.74, 6) is 0.231. The van der Waals surface area contributed by atoms with E-state index in [1.54, 1.807) is 0 Å². The molecular weight excluding hydrogens is 390 g/mol. The molecule has 0 aliphatic carbocycles. The van der Waals surface area contributed by atoms with Gasteiger partial charge in [-0.1, -0.05) is 90.1 Å². The van der Waals surface area contributed by atoms with Gasteiger partial charge in [-0.15, -0.1) is 0 Å². The van der Waals surface area contributed by atoms with Crippen LogP contribution in [0, 0.1) is 13.8 Å². The summed E-state index contributed by atoms with van der Waals surface area (Å²) in [4.78, 5) is 20.7. The summed E-state index contributed by atoms with van der Waals surface area (Å²) in [6, 6.07) is 26.2. The maximum absolute atomic E-state index is 12.5. The predicted octanol–water partition coefficient (Wildman–Crippen LogP) is 6.09. The molecule has 30 heavy (non-hydrogen) atoms. The molecular formula is C25H23N3OS. The third-order valence-electron chi connectivity index (χ3n) is 4.79. The highest BCUT2D eigenvalue weighted by Gasteiger charge is 2.15. The Hall–Kier alpha value is -3.31. The highest BCUT2D eigenvalue weighted by molar-refractivity contribution is 7.99. The Kier molecular flexibility index (Phi) is 6.00. The van der Waals surface area contributed by atoms with Gasteiger partial charge in [-0.2, -0.15) is 0 Å². The first-order valence-corrected chi connectivity index (χ1v) is 10.8. The van der Waals surface area contributed by atoms with Gasteiger partial charge in [0, 0.05) is 16.8 Å². The van der Waals surface area contributed by atoms with E-state index < -0.39 is 0 Å². The lowest BCUT2D eigenvalue weighted by atomic mass is 10.1. The van der Waals surface area contributed by atoms with Gasteiger partial charge in [0.15, 0.2) is 5.16 Å². The summed E-state index contributed by atoms with van der Waals surface area (Å²) >= 11 is 1.40. The second kappa shape index (κ2) is 9.01. The van der Waals surface area contributed by atoms with Gasteiger partial charge < -0.3 is 10.3 Å². The number of amides is 1. The minimum absolute atomic E-state index is 0.0501. The van der Waals surface area contributed by atoms with Gasteiger partial charge in [0.1, 0.15) is 0 Å². The highest BCUT2D eigenvalue weighted by atomic mass is 32.2. The van der Waals surface area contributed by atoms with Crippen molar-refractivity contribution in [2.45, 2.75) is 19.0 Å². The molecule has 0 saturated carbocycles. The molecule has 0 atom stereocenters. The van der Waals surface area contributed by atoms with Crippen LogP contribution in [0.5, 0.6) is 0 Å². The Bertz CT molecular complexity index is 1100. The van der Waals surface area contributed by atoms with Crippen molar-refractivity contribution in [2.24, 2.45) is 0 Å². The SMILES string of the molecule is Cc1ccc(NC(=O)CSc2nc(-c3ccccc3)c(-c3ccccc3)[nH]2)c(C)c1. The van der Waals surface area contributed by atoms with Crippen LogP contribution in [-0.4, -0.2) is 21.6 Å². The summed E-state index contributed by atoms with van der Waals surface area (Å²) in [7, 11) is 0. The number of rotatable bonds is 6. The number of thioether (sulfide) groups is 1. The molecule has 1 aromatic heterocycles. The van der Waals surface area contributed by atoms with Crippen LogP contribution in [0.15, 0.2) is 84.0 Å². The zero-order chi connectivity index (χ0) is 20.9. The number of imidazole rings is 1. The monoisotopic (exact) mass is 413 g/mol. The van der Waals surface area contributed by atoms with Gasteiger partial charge in [-0.25, -0.2) is 4.98 Å². The molecule has 1 amide bonds. The van der Waals surface area contributed by atoms with Crippen LogP contribution >= 0.6 is 11.8 Å². The van der Waals surface area contributed by atoms with E-state index in [-0.39, 0.29) is 11.7 Å². The molecule has 0 unspecified atom stereocenters. The zero-order valence-electron chi connectivity index (χ0n) is 17.0. The predicted molar refractivity (Wildman–Crippen MR) is 125 cm³/mol. The molecule has 2 N–H and O–H groups in total. The van der Waals surface area contributed by atoms with Crippen LogP contribution in [-0.2, 0) is 4.79 Å². The summed E-state index contributed by atoms with van der Waals surface area (Å²) in [6.07, 6.45) is 0. The topological polar surface area (TPSA) is 57.8 Å². The van der Waals surface area contributed by atoms with Gasteiger partial charge in [-0.05, 0) is 25.5 Å². The second-order valence-corrected chi connectivity index (χ2v) is 8.12. The number of hydrogen-bond donors (Lipinski definition) is 2. The molecule has 150 valence electrons. The van der Waals surface area contributed by atoms with Gasteiger partial charge in [0.05, 0.1) is 17.1 Å². The number of anilines is 1. The third kappa shape index (κ3) is 4.63. The van der Waals surface area contributed by atoms with Crippen molar-refractivity contribution in [1.29, 1.82) is 0 Å². The molecule has 0 fully saturated rings. The molecule has 0 spiro atoms. The van der Waals surface area contributed by atoms with Crippen molar-refractivity contribution in [2.75, 3.05) is 11.1 Å². The maximum Gasteiger partial charge on any atom is 0.234 e.